The molecule has 0 fully saturated rings. The van der Waals surface area contributed by atoms with E-state index in [1.54, 1.807) is 0 Å². The molecule has 3 heteroatoms. The highest BCUT2D eigenvalue weighted by molar-refractivity contribution is 8.17. The van der Waals surface area contributed by atoms with Gasteiger partial charge in [0, 0.05) is 6.61 Å². The van der Waals surface area contributed by atoms with Crippen molar-refractivity contribution in [1.29, 1.82) is 0 Å². The second kappa shape index (κ2) is 39.1. The Morgan fingerprint density at radius 1 is 0.311 bits per heavy atom. The summed E-state index contributed by atoms with van der Waals surface area (Å²) in [7, 11) is 0. The molecule has 0 rings (SSSR count). The standard InChI is InChI=1S/C42H86OS2/c1-5-9-11-13-15-17-19-21-23-25-27-29-31-33-35-37-40-44-42(8-4,43-39-7-3)45-41-38-36-34-32-30-28-26-24-22-20-18-16-14-12-10-6-2/h5-41H2,1-4H3. The third-order valence-corrected chi connectivity index (χ3v) is 13.0. The van der Waals surface area contributed by atoms with E-state index < -0.39 is 0 Å². The van der Waals surface area contributed by atoms with Crippen molar-refractivity contribution in [2.45, 2.75) is 250 Å². The third-order valence-electron chi connectivity index (χ3n) is 9.60. The fraction of sp³-hybridized carbons (Fsp3) is 1.00. The van der Waals surface area contributed by atoms with Crippen molar-refractivity contribution < 1.29 is 4.74 Å². The van der Waals surface area contributed by atoms with E-state index in [1.807, 2.05) is 0 Å². The average molecular weight is 671 g/mol. The number of ether oxygens (including phenoxy) is 1. The summed E-state index contributed by atoms with van der Waals surface area (Å²) in [6.45, 7) is 10.1. The van der Waals surface area contributed by atoms with Crippen molar-refractivity contribution in [2.24, 2.45) is 0 Å². The minimum Gasteiger partial charge on any atom is -0.355 e. The smallest absolute Gasteiger partial charge is 0.160 e. The Bertz CT molecular complexity index is 487. The van der Waals surface area contributed by atoms with Crippen LogP contribution in [0.5, 0.6) is 0 Å². The first-order valence-corrected chi connectivity index (χ1v) is 23.1. The van der Waals surface area contributed by atoms with Crippen LogP contribution in [0.3, 0.4) is 0 Å². The van der Waals surface area contributed by atoms with Gasteiger partial charge in [0.15, 0.2) is 4.27 Å². The second-order valence-electron chi connectivity index (χ2n) is 14.2. The van der Waals surface area contributed by atoms with Gasteiger partial charge in [-0.15, -0.1) is 23.5 Å². The number of hydrogen-bond acceptors (Lipinski definition) is 3. The van der Waals surface area contributed by atoms with Crippen LogP contribution in [-0.2, 0) is 4.74 Å². The molecule has 45 heavy (non-hydrogen) atoms. The average Bonchev–Trinajstić information content (AvgIpc) is 3.06. The zero-order valence-electron chi connectivity index (χ0n) is 31.9. The van der Waals surface area contributed by atoms with E-state index in [-0.39, 0.29) is 4.27 Å². The van der Waals surface area contributed by atoms with E-state index in [0.717, 1.165) is 19.4 Å². The molecule has 0 amide bonds. The van der Waals surface area contributed by atoms with Crippen LogP contribution < -0.4 is 0 Å². The third kappa shape index (κ3) is 34.3. The van der Waals surface area contributed by atoms with Crippen LogP contribution in [-0.4, -0.2) is 22.4 Å². The van der Waals surface area contributed by atoms with Gasteiger partial charge in [0.1, 0.15) is 0 Å². The molecule has 0 N–H and O–H groups in total. The molecule has 0 saturated carbocycles. The summed E-state index contributed by atoms with van der Waals surface area (Å²) < 4.78 is 6.51. The Labute approximate surface area is 295 Å². The summed E-state index contributed by atoms with van der Waals surface area (Å²) >= 11 is 4.25. The van der Waals surface area contributed by atoms with Crippen molar-refractivity contribution in [3.05, 3.63) is 0 Å². The van der Waals surface area contributed by atoms with Crippen LogP contribution >= 0.6 is 23.5 Å². The molecular weight excluding hydrogens is 585 g/mol. The molecule has 0 radical (unpaired) electrons. The molecule has 0 spiro atoms. The summed E-state index contributed by atoms with van der Waals surface area (Å²) in [4.78, 5) is 0. The van der Waals surface area contributed by atoms with Crippen molar-refractivity contribution >= 4 is 23.5 Å². The van der Waals surface area contributed by atoms with E-state index in [1.165, 1.54) is 217 Å². The molecule has 0 atom stereocenters. The Morgan fingerprint density at radius 3 is 0.778 bits per heavy atom. The SMILES string of the molecule is CCCCCCCCCCCCCCCCCCSC(CC)(OCCC)SCCCCCCCCCCCCCCCCCC. The number of hydrogen-bond donors (Lipinski definition) is 0. The molecule has 0 aromatic heterocycles. The van der Waals surface area contributed by atoms with Crippen LogP contribution in [0.2, 0.25) is 0 Å². The van der Waals surface area contributed by atoms with Crippen molar-refractivity contribution in [2.75, 3.05) is 18.1 Å². The zero-order valence-corrected chi connectivity index (χ0v) is 33.5. The predicted molar refractivity (Wildman–Crippen MR) is 213 cm³/mol. The van der Waals surface area contributed by atoms with E-state index in [2.05, 4.69) is 51.2 Å². The summed E-state index contributed by atoms with van der Waals surface area (Å²) in [5.41, 5.74) is 0. The van der Waals surface area contributed by atoms with Gasteiger partial charge in [0.25, 0.3) is 0 Å². The zero-order chi connectivity index (χ0) is 32.8. The van der Waals surface area contributed by atoms with Gasteiger partial charge in [0.05, 0.1) is 0 Å². The summed E-state index contributed by atoms with van der Waals surface area (Å²) in [5, 5.41) is 0. The minimum absolute atomic E-state index is 0.00102. The van der Waals surface area contributed by atoms with Gasteiger partial charge >= 0.3 is 0 Å². The van der Waals surface area contributed by atoms with Crippen molar-refractivity contribution in [1.82, 2.24) is 0 Å². The van der Waals surface area contributed by atoms with Gasteiger partial charge in [-0.25, -0.2) is 0 Å². The first-order valence-electron chi connectivity index (χ1n) is 21.2. The van der Waals surface area contributed by atoms with Gasteiger partial charge in [-0.1, -0.05) is 220 Å². The Kier molecular flexibility index (Phi) is 39.7. The predicted octanol–water partition coefficient (Wildman–Crippen LogP) is 16.5. The second-order valence-corrected chi connectivity index (χ2v) is 17.2. The molecule has 0 unspecified atom stereocenters. The van der Waals surface area contributed by atoms with E-state index in [0.29, 0.717) is 0 Å². The van der Waals surface area contributed by atoms with Crippen LogP contribution in [0.25, 0.3) is 0 Å². The number of rotatable bonds is 40. The Hall–Kier alpha value is 0.660. The highest BCUT2D eigenvalue weighted by atomic mass is 32.2. The van der Waals surface area contributed by atoms with Gasteiger partial charge < -0.3 is 4.74 Å². The molecule has 0 bridgehead atoms. The molecule has 1 nitrogen and oxygen atoms in total. The topological polar surface area (TPSA) is 9.23 Å². The highest BCUT2D eigenvalue weighted by Crippen LogP contribution is 2.42. The normalized spacial score (nSPS) is 12.0. The Morgan fingerprint density at radius 2 is 0.556 bits per heavy atom. The molecular formula is C42H86OS2. The Balaban J connectivity index is 3.68. The lowest BCUT2D eigenvalue weighted by Gasteiger charge is -2.32. The summed E-state index contributed by atoms with van der Waals surface area (Å²) in [6, 6.07) is 0. The highest BCUT2D eigenvalue weighted by Gasteiger charge is 2.29. The molecule has 0 aromatic rings. The summed E-state index contributed by atoms with van der Waals surface area (Å²) in [5.74, 6) is 2.53. The largest absolute Gasteiger partial charge is 0.355 e. The maximum atomic E-state index is 6.51. The van der Waals surface area contributed by atoms with Crippen LogP contribution in [0.1, 0.15) is 246 Å². The monoisotopic (exact) mass is 671 g/mol. The lowest BCUT2D eigenvalue weighted by atomic mass is 10.0. The summed E-state index contributed by atoms with van der Waals surface area (Å²) in [6.07, 6.45) is 48.5. The van der Waals surface area contributed by atoms with Crippen LogP contribution in [0.15, 0.2) is 0 Å². The van der Waals surface area contributed by atoms with Gasteiger partial charge in [-0.3, -0.25) is 0 Å². The van der Waals surface area contributed by atoms with E-state index >= 15 is 0 Å². The van der Waals surface area contributed by atoms with Gasteiger partial charge in [-0.05, 0) is 37.2 Å². The van der Waals surface area contributed by atoms with Crippen molar-refractivity contribution in [3.63, 3.8) is 0 Å². The lowest BCUT2D eigenvalue weighted by molar-refractivity contribution is 0.0871. The number of unbranched alkanes of at least 4 members (excludes halogenated alkanes) is 30. The maximum Gasteiger partial charge on any atom is 0.160 e. The molecule has 0 saturated heterocycles. The molecule has 0 aromatic carbocycles. The molecule has 0 aliphatic carbocycles. The quantitative estimate of drug-likeness (QED) is 0.0474. The molecule has 0 aliphatic rings. The fourth-order valence-corrected chi connectivity index (χ4v) is 9.34. The van der Waals surface area contributed by atoms with Crippen LogP contribution in [0, 0.1) is 0 Å². The van der Waals surface area contributed by atoms with Gasteiger partial charge in [-0.2, -0.15) is 0 Å². The molecule has 0 heterocycles. The van der Waals surface area contributed by atoms with Gasteiger partial charge in [0.2, 0.25) is 0 Å². The molecule has 272 valence electrons. The minimum atomic E-state index is 0.00102. The lowest BCUT2D eigenvalue weighted by Crippen LogP contribution is -2.25. The van der Waals surface area contributed by atoms with Crippen LogP contribution in [0.4, 0.5) is 0 Å². The van der Waals surface area contributed by atoms with Crippen molar-refractivity contribution in [3.8, 4) is 0 Å². The fourth-order valence-electron chi connectivity index (χ4n) is 6.44. The number of thioether (sulfide) groups is 2. The van der Waals surface area contributed by atoms with E-state index in [9.17, 15) is 0 Å². The maximum absolute atomic E-state index is 6.51. The first-order chi connectivity index (χ1) is 22.2. The molecule has 0 aliphatic heterocycles. The first kappa shape index (κ1) is 45.7. The van der Waals surface area contributed by atoms with E-state index in [4.69, 9.17) is 4.74 Å².